The lowest BCUT2D eigenvalue weighted by Crippen LogP contribution is -1.88. The summed E-state index contributed by atoms with van der Waals surface area (Å²) < 4.78 is 1.80. The van der Waals surface area contributed by atoms with Crippen molar-refractivity contribution in [1.29, 1.82) is 0 Å². The molecule has 18 heavy (non-hydrogen) atoms. The molecule has 0 aliphatic heterocycles. The number of fused-ring (bicyclic) bond motifs is 1. The maximum Gasteiger partial charge on any atom is 0.182 e. The van der Waals surface area contributed by atoms with E-state index in [9.17, 15) is 0 Å². The van der Waals surface area contributed by atoms with E-state index in [4.69, 9.17) is 0 Å². The quantitative estimate of drug-likeness (QED) is 0.746. The first-order valence-electron chi connectivity index (χ1n) is 5.87. The molecule has 0 saturated heterocycles. The summed E-state index contributed by atoms with van der Waals surface area (Å²) in [5.41, 5.74) is 4.17. The molecule has 2 aromatic heterocycles. The predicted molar refractivity (Wildman–Crippen MR) is 72.7 cm³/mol. The number of nitrogens with one attached hydrogen (secondary N) is 1. The van der Waals surface area contributed by atoms with Gasteiger partial charge in [-0.3, -0.25) is 0 Å². The lowest BCUT2D eigenvalue weighted by atomic mass is 10.2. The standard InChI is InChI=1S/C14H14N4/c1-10-7-8-18-13(9-10)16-14(17-18)11-3-5-12(15-2)6-4-11/h3-9,15H,1-2H3. The molecule has 0 atom stereocenters. The Bertz CT molecular complexity index is 683. The van der Waals surface area contributed by atoms with Crippen LogP contribution in [0.4, 0.5) is 5.69 Å². The average Bonchev–Trinajstić information content (AvgIpc) is 2.81. The van der Waals surface area contributed by atoms with Crippen molar-refractivity contribution < 1.29 is 0 Å². The molecular formula is C14H14N4. The molecule has 4 heteroatoms. The molecule has 3 rings (SSSR count). The molecule has 0 radical (unpaired) electrons. The molecule has 0 unspecified atom stereocenters. The number of hydrogen-bond donors (Lipinski definition) is 1. The summed E-state index contributed by atoms with van der Waals surface area (Å²) in [5, 5.41) is 7.56. The average molecular weight is 238 g/mol. The van der Waals surface area contributed by atoms with Gasteiger partial charge >= 0.3 is 0 Å². The third-order valence-corrected chi connectivity index (χ3v) is 2.92. The Hall–Kier alpha value is -2.36. The second-order valence-electron chi connectivity index (χ2n) is 4.27. The van der Waals surface area contributed by atoms with Crippen molar-refractivity contribution >= 4 is 11.3 Å². The summed E-state index contributed by atoms with van der Waals surface area (Å²) in [6.07, 6.45) is 1.93. The molecule has 0 saturated carbocycles. The summed E-state index contributed by atoms with van der Waals surface area (Å²) in [4.78, 5) is 4.53. The summed E-state index contributed by atoms with van der Waals surface area (Å²) in [6, 6.07) is 12.1. The van der Waals surface area contributed by atoms with Crippen molar-refractivity contribution in [2.45, 2.75) is 6.92 Å². The van der Waals surface area contributed by atoms with E-state index in [0.29, 0.717) is 0 Å². The van der Waals surface area contributed by atoms with Crippen LogP contribution in [0.5, 0.6) is 0 Å². The fourth-order valence-electron chi connectivity index (χ4n) is 1.89. The van der Waals surface area contributed by atoms with Gasteiger partial charge in [0, 0.05) is 24.5 Å². The van der Waals surface area contributed by atoms with Crippen LogP contribution in [0.15, 0.2) is 42.6 Å². The van der Waals surface area contributed by atoms with Crippen molar-refractivity contribution in [1.82, 2.24) is 14.6 Å². The molecule has 1 aromatic carbocycles. The molecule has 0 spiro atoms. The summed E-state index contributed by atoms with van der Waals surface area (Å²) in [6.45, 7) is 2.05. The minimum absolute atomic E-state index is 0.753. The maximum absolute atomic E-state index is 4.53. The Morgan fingerprint density at radius 3 is 2.61 bits per heavy atom. The predicted octanol–water partition coefficient (Wildman–Crippen LogP) is 2.75. The highest BCUT2D eigenvalue weighted by atomic mass is 15.3. The molecular weight excluding hydrogens is 224 g/mol. The summed E-state index contributed by atoms with van der Waals surface area (Å²) >= 11 is 0. The number of hydrogen-bond acceptors (Lipinski definition) is 3. The van der Waals surface area contributed by atoms with E-state index >= 15 is 0 Å². The number of anilines is 1. The lowest BCUT2D eigenvalue weighted by molar-refractivity contribution is 0.962. The Morgan fingerprint density at radius 1 is 1.11 bits per heavy atom. The van der Waals surface area contributed by atoms with Gasteiger partial charge in [0.2, 0.25) is 0 Å². The normalized spacial score (nSPS) is 10.8. The van der Waals surface area contributed by atoms with Gasteiger partial charge < -0.3 is 5.32 Å². The molecule has 0 fully saturated rings. The van der Waals surface area contributed by atoms with Gasteiger partial charge in [-0.05, 0) is 48.9 Å². The molecule has 1 N–H and O–H groups in total. The second-order valence-corrected chi connectivity index (χ2v) is 4.27. The van der Waals surface area contributed by atoms with Gasteiger partial charge in [-0.2, -0.15) is 0 Å². The van der Waals surface area contributed by atoms with Crippen LogP contribution < -0.4 is 5.32 Å². The van der Waals surface area contributed by atoms with E-state index in [1.54, 1.807) is 4.52 Å². The molecule has 0 aliphatic rings. The third kappa shape index (κ3) is 1.82. The first-order chi connectivity index (χ1) is 8.76. The van der Waals surface area contributed by atoms with Gasteiger partial charge in [-0.1, -0.05) is 0 Å². The first kappa shape index (κ1) is 10.8. The van der Waals surface area contributed by atoms with Crippen molar-refractivity contribution in [3.8, 4) is 11.4 Å². The number of pyridine rings is 1. The first-order valence-corrected chi connectivity index (χ1v) is 5.87. The smallest absolute Gasteiger partial charge is 0.182 e. The highest BCUT2D eigenvalue weighted by Gasteiger charge is 2.05. The molecule has 3 aromatic rings. The molecule has 90 valence electrons. The Balaban J connectivity index is 2.07. The van der Waals surface area contributed by atoms with Crippen molar-refractivity contribution in [3.63, 3.8) is 0 Å². The van der Waals surface area contributed by atoms with Gasteiger partial charge in [-0.25, -0.2) is 9.50 Å². The van der Waals surface area contributed by atoms with Gasteiger partial charge in [0.15, 0.2) is 11.5 Å². The van der Waals surface area contributed by atoms with Crippen LogP contribution in [0.3, 0.4) is 0 Å². The minimum atomic E-state index is 0.753. The zero-order valence-electron chi connectivity index (χ0n) is 10.4. The number of aromatic nitrogens is 3. The van der Waals surface area contributed by atoms with Crippen LogP contribution >= 0.6 is 0 Å². The van der Waals surface area contributed by atoms with E-state index < -0.39 is 0 Å². The zero-order valence-corrected chi connectivity index (χ0v) is 10.4. The SMILES string of the molecule is CNc1ccc(-c2nc3cc(C)ccn3n2)cc1. The van der Waals surface area contributed by atoms with Crippen LogP contribution in [0.25, 0.3) is 17.0 Å². The topological polar surface area (TPSA) is 42.2 Å². The molecule has 4 nitrogen and oxygen atoms in total. The number of rotatable bonds is 2. The van der Waals surface area contributed by atoms with Gasteiger partial charge in [0.05, 0.1) is 0 Å². The second kappa shape index (κ2) is 4.14. The molecule has 2 heterocycles. The van der Waals surface area contributed by atoms with E-state index in [0.717, 1.165) is 22.7 Å². The number of nitrogens with zero attached hydrogens (tertiary/aromatic N) is 3. The van der Waals surface area contributed by atoms with Crippen LogP contribution in [0.2, 0.25) is 0 Å². The largest absolute Gasteiger partial charge is 0.388 e. The van der Waals surface area contributed by atoms with Crippen molar-refractivity contribution in [2.24, 2.45) is 0 Å². The molecule has 0 aliphatic carbocycles. The van der Waals surface area contributed by atoms with Crippen molar-refractivity contribution in [3.05, 3.63) is 48.2 Å². The van der Waals surface area contributed by atoms with E-state index in [-0.39, 0.29) is 0 Å². The van der Waals surface area contributed by atoms with Crippen LogP contribution in [0.1, 0.15) is 5.56 Å². The van der Waals surface area contributed by atoms with Crippen LogP contribution in [0, 0.1) is 6.92 Å². The number of aryl methyl sites for hydroxylation is 1. The maximum atomic E-state index is 4.53. The van der Waals surface area contributed by atoms with Gasteiger partial charge in [0.1, 0.15) is 0 Å². The summed E-state index contributed by atoms with van der Waals surface area (Å²) in [7, 11) is 1.90. The highest BCUT2D eigenvalue weighted by molar-refractivity contribution is 5.61. The molecule has 0 amide bonds. The minimum Gasteiger partial charge on any atom is -0.388 e. The van der Waals surface area contributed by atoms with Gasteiger partial charge in [-0.15, -0.1) is 5.10 Å². The Morgan fingerprint density at radius 2 is 1.89 bits per heavy atom. The van der Waals surface area contributed by atoms with Crippen LogP contribution in [-0.4, -0.2) is 21.6 Å². The van der Waals surface area contributed by atoms with E-state index in [1.165, 1.54) is 5.56 Å². The van der Waals surface area contributed by atoms with Crippen LogP contribution in [-0.2, 0) is 0 Å². The zero-order chi connectivity index (χ0) is 12.5. The van der Waals surface area contributed by atoms with Crippen molar-refractivity contribution in [2.75, 3.05) is 12.4 Å². The molecule has 0 bridgehead atoms. The fraction of sp³-hybridized carbons (Fsp3) is 0.143. The Labute approximate surface area is 105 Å². The van der Waals surface area contributed by atoms with E-state index in [1.807, 2.05) is 49.6 Å². The van der Waals surface area contributed by atoms with E-state index in [2.05, 4.69) is 22.3 Å². The third-order valence-electron chi connectivity index (χ3n) is 2.92. The monoisotopic (exact) mass is 238 g/mol. The van der Waals surface area contributed by atoms with Gasteiger partial charge in [0.25, 0.3) is 0 Å². The fourth-order valence-corrected chi connectivity index (χ4v) is 1.89. The Kier molecular flexibility index (Phi) is 2.48. The number of benzene rings is 1. The lowest BCUT2D eigenvalue weighted by Gasteiger charge is -1.99. The highest BCUT2D eigenvalue weighted by Crippen LogP contribution is 2.19. The summed E-state index contributed by atoms with van der Waals surface area (Å²) in [5.74, 6) is 0.753.